The third-order valence-electron chi connectivity index (χ3n) is 3.45. The number of rotatable bonds is 4. The molecule has 9 heteroatoms. The lowest BCUT2D eigenvalue weighted by Crippen LogP contribution is -2.55. The zero-order valence-electron chi connectivity index (χ0n) is 14.3. The predicted octanol–water partition coefficient (Wildman–Crippen LogP) is 1.07. The number of amides is 1. The van der Waals surface area contributed by atoms with Gasteiger partial charge in [-0.25, -0.2) is 13.2 Å². The molecule has 0 aliphatic carbocycles. The van der Waals surface area contributed by atoms with Crippen LogP contribution in [0.4, 0.5) is 4.79 Å². The van der Waals surface area contributed by atoms with Crippen LogP contribution < -0.4 is 5.32 Å². The summed E-state index contributed by atoms with van der Waals surface area (Å²) in [4.78, 5) is 23.3. The molecule has 0 spiro atoms. The Morgan fingerprint density at radius 2 is 1.91 bits per heavy atom. The molecule has 1 rings (SSSR count). The van der Waals surface area contributed by atoms with Crippen molar-refractivity contribution in [2.24, 2.45) is 5.92 Å². The highest BCUT2D eigenvalue weighted by molar-refractivity contribution is 7.88. The average Bonchev–Trinajstić information content (AvgIpc) is 2.34. The van der Waals surface area contributed by atoms with Gasteiger partial charge < -0.3 is 14.8 Å². The second kappa shape index (κ2) is 7.48. The van der Waals surface area contributed by atoms with Gasteiger partial charge in [-0.2, -0.15) is 4.31 Å². The lowest BCUT2D eigenvalue weighted by atomic mass is 9.92. The number of nitrogens with zero attached hydrogens (tertiary/aromatic N) is 1. The van der Waals surface area contributed by atoms with Crippen molar-refractivity contribution < 1.29 is 27.5 Å². The van der Waals surface area contributed by atoms with Crippen molar-refractivity contribution in [3.8, 4) is 0 Å². The molecule has 1 aliphatic rings. The second-order valence-corrected chi connectivity index (χ2v) is 8.64. The highest BCUT2D eigenvalue weighted by atomic mass is 32.2. The number of carbonyl (C=O) groups excluding carboxylic acids is 2. The van der Waals surface area contributed by atoms with Crippen molar-refractivity contribution in [3.63, 3.8) is 0 Å². The Balaban J connectivity index is 2.81. The number of hydrogen-bond acceptors (Lipinski definition) is 6. The van der Waals surface area contributed by atoms with Crippen LogP contribution in [0.25, 0.3) is 0 Å². The van der Waals surface area contributed by atoms with Crippen LogP contribution >= 0.6 is 0 Å². The van der Waals surface area contributed by atoms with Gasteiger partial charge in [0.1, 0.15) is 5.60 Å². The highest BCUT2D eigenvalue weighted by Crippen LogP contribution is 2.26. The maximum atomic E-state index is 11.9. The SMILES string of the molecule is COC(=O)CC1CCN(S(C)(=O)=O)C(NC(=O)OC(C)(C)C)C1. The fourth-order valence-corrected chi connectivity index (χ4v) is 3.53. The summed E-state index contributed by atoms with van der Waals surface area (Å²) in [5.41, 5.74) is -0.680. The van der Waals surface area contributed by atoms with Gasteiger partial charge in [-0.05, 0) is 39.5 Å². The number of esters is 1. The minimum absolute atomic E-state index is 0.0552. The van der Waals surface area contributed by atoms with Crippen LogP contribution in [0.1, 0.15) is 40.0 Å². The van der Waals surface area contributed by atoms with E-state index < -0.39 is 27.9 Å². The number of hydrogen-bond donors (Lipinski definition) is 1. The summed E-state index contributed by atoms with van der Waals surface area (Å²) in [6, 6.07) is 0. The van der Waals surface area contributed by atoms with Crippen molar-refractivity contribution in [2.75, 3.05) is 19.9 Å². The molecule has 0 aromatic carbocycles. The quantitative estimate of drug-likeness (QED) is 0.761. The molecule has 0 bridgehead atoms. The van der Waals surface area contributed by atoms with E-state index in [9.17, 15) is 18.0 Å². The van der Waals surface area contributed by atoms with E-state index in [1.165, 1.54) is 11.4 Å². The third-order valence-corrected chi connectivity index (χ3v) is 4.74. The van der Waals surface area contributed by atoms with Crippen LogP contribution in [0.3, 0.4) is 0 Å². The average molecular weight is 350 g/mol. The number of nitrogens with one attached hydrogen (secondary N) is 1. The number of piperidine rings is 1. The van der Waals surface area contributed by atoms with E-state index >= 15 is 0 Å². The van der Waals surface area contributed by atoms with Gasteiger partial charge in [0.25, 0.3) is 0 Å². The molecule has 2 unspecified atom stereocenters. The summed E-state index contributed by atoms with van der Waals surface area (Å²) in [6.45, 7) is 5.41. The molecule has 1 fully saturated rings. The first-order valence-corrected chi connectivity index (χ1v) is 9.30. The molecule has 1 heterocycles. The van der Waals surface area contributed by atoms with E-state index in [2.05, 4.69) is 10.1 Å². The Kier molecular flexibility index (Phi) is 6.41. The minimum Gasteiger partial charge on any atom is -0.469 e. The number of carbonyl (C=O) groups is 2. The molecule has 2 atom stereocenters. The van der Waals surface area contributed by atoms with Crippen LogP contribution in [0.2, 0.25) is 0 Å². The first kappa shape index (κ1) is 19.7. The number of ether oxygens (including phenoxy) is 2. The number of methoxy groups -OCH3 is 1. The van der Waals surface area contributed by atoms with E-state index in [-0.39, 0.29) is 24.9 Å². The van der Waals surface area contributed by atoms with E-state index in [1.807, 2.05) is 0 Å². The van der Waals surface area contributed by atoms with Gasteiger partial charge in [-0.1, -0.05) is 0 Å². The summed E-state index contributed by atoms with van der Waals surface area (Å²) < 4.78 is 34.8. The van der Waals surface area contributed by atoms with Gasteiger partial charge in [0.2, 0.25) is 10.0 Å². The summed E-state index contributed by atoms with van der Waals surface area (Å²) in [7, 11) is -2.17. The van der Waals surface area contributed by atoms with E-state index in [0.29, 0.717) is 12.8 Å². The summed E-state index contributed by atoms with van der Waals surface area (Å²) >= 11 is 0. The maximum absolute atomic E-state index is 11.9. The standard InChI is InChI=1S/C14H26N2O6S/c1-14(2,3)22-13(18)15-11-8-10(9-12(17)21-4)6-7-16(11)23(5,19)20/h10-11H,6-9H2,1-5H3,(H,15,18). The molecule has 8 nitrogen and oxygen atoms in total. The largest absolute Gasteiger partial charge is 0.469 e. The normalized spacial score (nSPS) is 23.2. The van der Waals surface area contributed by atoms with Crippen molar-refractivity contribution in [1.29, 1.82) is 0 Å². The summed E-state index contributed by atoms with van der Waals surface area (Å²) in [5.74, 6) is -0.404. The molecule has 0 radical (unpaired) electrons. The van der Waals surface area contributed by atoms with Crippen LogP contribution in [-0.4, -0.2) is 56.5 Å². The van der Waals surface area contributed by atoms with Gasteiger partial charge in [0, 0.05) is 13.0 Å². The monoisotopic (exact) mass is 350 g/mol. The summed E-state index contributed by atoms with van der Waals surface area (Å²) in [5, 5.41) is 2.59. The lowest BCUT2D eigenvalue weighted by Gasteiger charge is -2.38. The molecule has 1 amide bonds. The Labute approximate surface area is 137 Å². The van der Waals surface area contributed by atoms with E-state index in [0.717, 1.165) is 6.26 Å². The van der Waals surface area contributed by atoms with E-state index in [4.69, 9.17) is 4.74 Å². The molecular formula is C14H26N2O6S. The first-order chi connectivity index (χ1) is 10.4. The van der Waals surface area contributed by atoms with Gasteiger partial charge in [-0.3, -0.25) is 4.79 Å². The zero-order valence-corrected chi connectivity index (χ0v) is 15.1. The maximum Gasteiger partial charge on any atom is 0.408 e. The number of alkyl carbamates (subject to hydrolysis) is 1. The fraction of sp³-hybridized carbons (Fsp3) is 0.857. The Morgan fingerprint density at radius 1 is 1.30 bits per heavy atom. The molecule has 0 aromatic heterocycles. The fourth-order valence-electron chi connectivity index (χ4n) is 2.49. The molecule has 0 aromatic rings. The molecule has 1 aliphatic heterocycles. The first-order valence-electron chi connectivity index (χ1n) is 7.45. The van der Waals surface area contributed by atoms with Gasteiger partial charge >= 0.3 is 12.1 Å². The van der Waals surface area contributed by atoms with Crippen molar-refractivity contribution in [3.05, 3.63) is 0 Å². The van der Waals surface area contributed by atoms with Crippen molar-refractivity contribution in [2.45, 2.75) is 51.8 Å². The van der Waals surface area contributed by atoms with E-state index in [1.54, 1.807) is 20.8 Å². The van der Waals surface area contributed by atoms with Crippen LogP contribution in [0, 0.1) is 5.92 Å². The van der Waals surface area contributed by atoms with Crippen molar-refractivity contribution in [1.82, 2.24) is 9.62 Å². The molecule has 134 valence electrons. The Morgan fingerprint density at radius 3 is 2.39 bits per heavy atom. The van der Waals surface area contributed by atoms with Gasteiger partial charge in [-0.15, -0.1) is 0 Å². The van der Waals surface area contributed by atoms with Gasteiger partial charge in [0.15, 0.2) is 0 Å². The molecular weight excluding hydrogens is 324 g/mol. The topological polar surface area (TPSA) is 102 Å². The van der Waals surface area contributed by atoms with Gasteiger partial charge in [0.05, 0.1) is 19.5 Å². The minimum atomic E-state index is -3.47. The van der Waals surface area contributed by atoms with Crippen LogP contribution in [-0.2, 0) is 24.3 Å². The third kappa shape index (κ3) is 6.74. The zero-order chi connectivity index (χ0) is 17.8. The highest BCUT2D eigenvalue weighted by Gasteiger charge is 2.36. The Bertz CT molecular complexity index is 540. The molecule has 23 heavy (non-hydrogen) atoms. The molecule has 1 N–H and O–H groups in total. The van der Waals surface area contributed by atoms with Crippen LogP contribution in [0.5, 0.6) is 0 Å². The lowest BCUT2D eigenvalue weighted by molar-refractivity contribution is -0.142. The smallest absolute Gasteiger partial charge is 0.408 e. The second-order valence-electron chi connectivity index (χ2n) is 6.71. The summed E-state index contributed by atoms with van der Waals surface area (Å²) in [6.07, 6.45) is 0.742. The number of sulfonamides is 1. The van der Waals surface area contributed by atoms with Crippen LogP contribution in [0.15, 0.2) is 0 Å². The molecule has 1 saturated heterocycles. The van der Waals surface area contributed by atoms with Crippen molar-refractivity contribution >= 4 is 22.1 Å². The predicted molar refractivity (Wildman–Crippen MR) is 84.1 cm³/mol. The molecule has 0 saturated carbocycles. The Hall–Kier alpha value is -1.35.